The van der Waals surface area contributed by atoms with Crippen molar-refractivity contribution in [1.82, 2.24) is 10.6 Å². The molecule has 1 saturated heterocycles. The fourth-order valence-electron chi connectivity index (χ4n) is 1.86. The smallest absolute Gasteiger partial charge is 0.0636 e. The second kappa shape index (κ2) is 4.40. The molecule has 78 valence electrons. The highest BCUT2D eigenvalue weighted by Crippen LogP contribution is 2.24. The van der Waals surface area contributed by atoms with Gasteiger partial charge in [-0.1, -0.05) is 13.8 Å². The highest BCUT2D eigenvalue weighted by molar-refractivity contribution is 4.90. The topological polar surface area (TPSA) is 44.3 Å². The summed E-state index contributed by atoms with van der Waals surface area (Å²) in [5.74, 6) is 0. The molecule has 0 spiro atoms. The number of hydrogen-bond donors (Lipinski definition) is 3. The molecule has 0 aromatic rings. The predicted octanol–water partition coefficient (Wildman–Crippen LogP) is 0.345. The Morgan fingerprint density at radius 3 is 2.85 bits per heavy atom. The molecular formula is C10H22N2O. The molecule has 0 bridgehead atoms. The Morgan fingerprint density at radius 2 is 2.31 bits per heavy atom. The van der Waals surface area contributed by atoms with Crippen molar-refractivity contribution in [3.8, 4) is 0 Å². The summed E-state index contributed by atoms with van der Waals surface area (Å²) in [5.41, 5.74) is 0.299. The zero-order valence-electron chi connectivity index (χ0n) is 8.93. The third-order valence-electron chi connectivity index (χ3n) is 2.79. The van der Waals surface area contributed by atoms with Crippen LogP contribution in [0.5, 0.6) is 0 Å². The van der Waals surface area contributed by atoms with E-state index in [0.29, 0.717) is 18.0 Å². The molecule has 0 aromatic carbocycles. The minimum absolute atomic E-state index is 0.245. The number of hydrogen-bond acceptors (Lipinski definition) is 3. The van der Waals surface area contributed by atoms with Crippen LogP contribution in [-0.2, 0) is 0 Å². The molecule has 1 fully saturated rings. The van der Waals surface area contributed by atoms with Gasteiger partial charge in [0.1, 0.15) is 0 Å². The van der Waals surface area contributed by atoms with Gasteiger partial charge in [0.25, 0.3) is 0 Å². The molecule has 1 aliphatic rings. The van der Waals surface area contributed by atoms with E-state index in [2.05, 4.69) is 24.5 Å². The van der Waals surface area contributed by atoms with Crippen molar-refractivity contribution in [2.24, 2.45) is 5.41 Å². The summed E-state index contributed by atoms with van der Waals surface area (Å²) >= 11 is 0. The van der Waals surface area contributed by atoms with Crippen molar-refractivity contribution in [3.63, 3.8) is 0 Å². The minimum Gasteiger partial charge on any atom is -0.392 e. The lowest BCUT2D eigenvalue weighted by molar-refractivity contribution is 0.144. The highest BCUT2D eigenvalue weighted by atomic mass is 16.3. The SMILES string of the molecule is C[C@@H](O)CNC1CCNCC1(C)C. The van der Waals surface area contributed by atoms with Crippen LogP contribution in [0.3, 0.4) is 0 Å². The summed E-state index contributed by atoms with van der Waals surface area (Å²) in [4.78, 5) is 0. The van der Waals surface area contributed by atoms with Crippen LogP contribution >= 0.6 is 0 Å². The van der Waals surface area contributed by atoms with E-state index in [0.717, 1.165) is 19.5 Å². The largest absolute Gasteiger partial charge is 0.392 e. The zero-order valence-corrected chi connectivity index (χ0v) is 8.93. The van der Waals surface area contributed by atoms with Crippen LogP contribution in [0, 0.1) is 5.41 Å². The van der Waals surface area contributed by atoms with Crippen molar-refractivity contribution in [1.29, 1.82) is 0 Å². The van der Waals surface area contributed by atoms with Gasteiger partial charge in [-0.25, -0.2) is 0 Å². The van der Waals surface area contributed by atoms with Gasteiger partial charge in [0.2, 0.25) is 0 Å². The van der Waals surface area contributed by atoms with E-state index in [9.17, 15) is 5.11 Å². The monoisotopic (exact) mass is 186 g/mol. The van der Waals surface area contributed by atoms with Gasteiger partial charge in [-0.05, 0) is 25.3 Å². The number of rotatable bonds is 3. The Hall–Kier alpha value is -0.120. The van der Waals surface area contributed by atoms with Gasteiger partial charge in [-0.2, -0.15) is 0 Å². The second-order valence-electron chi connectivity index (χ2n) is 4.76. The predicted molar refractivity (Wildman–Crippen MR) is 54.7 cm³/mol. The maximum atomic E-state index is 9.18. The Balaban J connectivity index is 2.37. The minimum atomic E-state index is -0.245. The fraction of sp³-hybridized carbons (Fsp3) is 1.00. The summed E-state index contributed by atoms with van der Waals surface area (Å²) < 4.78 is 0. The molecule has 2 atom stereocenters. The molecule has 1 aliphatic heterocycles. The molecule has 1 rings (SSSR count). The summed E-state index contributed by atoms with van der Waals surface area (Å²) in [6, 6.07) is 0.531. The first kappa shape index (κ1) is 11.0. The molecule has 1 unspecified atom stereocenters. The van der Waals surface area contributed by atoms with Gasteiger partial charge in [0, 0.05) is 19.1 Å². The molecule has 3 nitrogen and oxygen atoms in total. The van der Waals surface area contributed by atoms with E-state index in [-0.39, 0.29) is 6.10 Å². The van der Waals surface area contributed by atoms with Crippen molar-refractivity contribution in [2.45, 2.75) is 39.3 Å². The molecule has 3 N–H and O–H groups in total. The van der Waals surface area contributed by atoms with Crippen LogP contribution in [0.1, 0.15) is 27.2 Å². The average Bonchev–Trinajstić information content (AvgIpc) is 2.01. The highest BCUT2D eigenvalue weighted by Gasteiger charge is 2.31. The van der Waals surface area contributed by atoms with Crippen LogP contribution < -0.4 is 10.6 Å². The standard InChI is InChI=1S/C10H22N2O/c1-8(13)6-12-9-4-5-11-7-10(9,2)3/h8-9,11-13H,4-7H2,1-3H3/t8-,9?/m1/s1. The van der Waals surface area contributed by atoms with E-state index in [4.69, 9.17) is 0 Å². The number of nitrogens with one attached hydrogen (secondary N) is 2. The number of aliphatic hydroxyl groups excluding tert-OH is 1. The van der Waals surface area contributed by atoms with Crippen LogP contribution in [0.4, 0.5) is 0 Å². The van der Waals surface area contributed by atoms with Crippen LogP contribution in [0.2, 0.25) is 0 Å². The summed E-state index contributed by atoms with van der Waals surface area (Å²) in [6.07, 6.45) is 0.908. The Labute approximate surface area is 80.9 Å². The maximum absolute atomic E-state index is 9.18. The van der Waals surface area contributed by atoms with Crippen molar-refractivity contribution in [3.05, 3.63) is 0 Å². The molecule has 0 aliphatic carbocycles. The molecule has 3 heteroatoms. The quantitative estimate of drug-likeness (QED) is 0.596. The van der Waals surface area contributed by atoms with Gasteiger partial charge in [0.05, 0.1) is 6.10 Å². The number of piperidine rings is 1. The van der Waals surface area contributed by atoms with Gasteiger partial charge < -0.3 is 15.7 Å². The lowest BCUT2D eigenvalue weighted by atomic mass is 9.80. The van der Waals surface area contributed by atoms with Gasteiger partial charge in [-0.3, -0.25) is 0 Å². The Bertz CT molecular complexity index is 157. The van der Waals surface area contributed by atoms with Crippen molar-refractivity contribution >= 4 is 0 Å². The molecule has 0 radical (unpaired) electrons. The van der Waals surface area contributed by atoms with Crippen LogP contribution in [0.25, 0.3) is 0 Å². The molecule has 13 heavy (non-hydrogen) atoms. The molecule has 0 amide bonds. The van der Waals surface area contributed by atoms with E-state index in [1.165, 1.54) is 0 Å². The normalized spacial score (nSPS) is 30.0. The van der Waals surface area contributed by atoms with Crippen molar-refractivity contribution in [2.75, 3.05) is 19.6 Å². The van der Waals surface area contributed by atoms with Gasteiger partial charge in [-0.15, -0.1) is 0 Å². The summed E-state index contributed by atoms with van der Waals surface area (Å²) in [7, 11) is 0. The summed E-state index contributed by atoms with van der Waals surface area (Å²) in [6.45, 7) is 9.19. The van der Waals surface area contributed by atoms with Gasteiger partial charge in [0.15, 0.2) is 0 Å². The second-order valence-corrected chi connectivity index (χ2v) is 4.76. The third-order valence-corrected chi connectivity index (χ3v) is 2.79. The van der Waals surface area contributed by atoms with E-state index in [1.807, 2.05) is 6.92 Å². The van der Waals surface area contributed by atoms with Crippen molar-refractivity contribution < 1.29 is 5.11 Å². The molecular weight excluding hydrogens is 164 g/mol. The third kappa shape index (κ3) is 3.25. The number of aliphatic hydroxyl groups is 1. The summed E-state index contributed by atoms with van der Waals surface area (Å²) in [5, 5.41) is 16.0. The molecule has 0 aromatic heterocycles. The Kier molecular flexibility index (Phi) is 3.71. The maximum Gasteiger partial charge on any atom is 0.0636 e. The first-order valence-electron chi connectivity index (χ1n) is 5.14. The fourth-order valence-corrected chi connectivity index (χ4v) is 1.86. The lowest BCUT2D eigenvalue weighted by Gasteiger charge is -2.39. The first-order valence-corrected chi connectivity index (χ1v) is 5.14. The Morgan fingerprint density at radius 1 is 1.62 bits per heavy atom. The van der Waals surface area contributed by atoms with Crippen LogP contribution in [-0.4, -0.2) is 36.9 Å². The lowest BCUT2D eigenvalue weighted by Crippen LogP contribution is -2.54. The van der Waals surface area contributed by atoms with E-state index in [1.54, 1.807) is 0 Å². The average molecular weight is 186 g/mol. The van der Waals surface area contributed by atoms with Crippen LogP contribution in [0.15, 0.2) is 0 Å². The zero-order chi connectivity index (χ0) is 9.90. The van der Waals surface area contributed by atoms with Gasteiger partial charge >= 0.3 is 0 Å². The van der Waals surface area contributed by atoms with E-state index < -0.39 is 0 Å². The van der Waals surface area contributed by atoms with E-state index >= 15 is 0 Å². The first-order chi connectivity index (χ1) is 6.02. The molecule has 1 heterocycles. The molecule has 0 saturated carbocycles.